The van der Waals surface area contributed by atoms with Gasteiger partial charge >= 0.3 is 0 Å². The lowest BCUT2D eigenvalue weighted by Gasteiger charge is -2.37. The second-order valence-electron chi connectivity index (χ2n) is 8.18. The highest BCUT2D eigenvalue weighted by Gasteiger charge is 2.33. The summed E-state index contributed by atoms with van der Waals surface area (Å²) in [6.07, 6.45) is 1.51. The molecule has 1 aliphatic heterocycles. The van der Waals surface area contributed by atoms with Gasteiger partial charge in [0.05, 0.1) is 12.6 Å². The molecule has 0 bridgehead atoms. The quantitative estimate of drug-likeness (QED) is 0.474. The van der Waals surface area contributed by atoms with Crippen LogP contribution in [-0.2, 0) is 20.7 Å². The van der Waals surface area contributed by atoms with Crippen molar-refractivity contribution in [2.75, 3.05) is 40.0 Å². The zero-order valence-corrected chi connectivity index (χ0v) is 20.5. The number of amides is 2. The lowest BCUT2D eigenvalue weighted by molar-refractivity contribution is -0.144. The summed E-state index contributed by atoms with van der Waals surface area (Å²) < 4.78 is 11.2. The van der Waals surface area contributed by atoms with Crippen molar-refractivity contribution in [3.63, 3.8) is 0 Å². The zero-order valence-electron chi connectivity index (χ0n) is 18.9. The topological polar surface area (TPSA) is 59.1 Å². The van der Waals surface area contributed by atoms with Gasteiger partial charge in [-0.1, -0.05) is 25.4 Å². The van der Waals surface area contributed by atoms with E-state index in [2.05, 4.69) is 11.4 Å². The number of carbonyl (C=O) groups is 2. The van der Waals surface area contributed by atoms with Crippen molar-refractivity contribution in [3.05, 3.63) is 51.2 Å². The Morgan fingerprint density at radius 1 is 1.25 bits per heavy atom. The normalized spacial score (nSPS) is 15.5. The van der Waals surface area contributed by atoms with Gasteiger partial charge in [-0.15, -0.1) is 11.3 Å². The van der Waals surface area contributed by atoms with Crippen molar-refractivity contribution in [3.8, 4) is 5.75 Å². The molecule has 2 aromatic rings. The van der Waals surface area contributed by atoms with E-state index in [1.54, 1.807) is 35.5 Å². The summed E-state index contributed by atoms with van der Waals surface area (Å²) in [5.41, 5.74) is 1.13. The molecule has 0 saturated carbocycles. The molecule has 2 amide bonds. The Balaban J connectivity index is 1.74. The summed E-state index contributed by atoms with van der Waals surface area (Å²) in [5.74, 6) is 0.467. The van der Waals surface area contributed by atoms with Gasteiger partial charge in [-0.2, -0.15) is 0 Å². The van der Waals surface area contributed by atoms with Crippen molar-refractivity contribution in [2.24, 2.45) is 5.92 Å². The highest BCUT2D eigenvalue weighted by molar-refractivity contribution is 7.10. The first-order chi connectivity index (χ1) is 15.4. The minimum absolute atomic E-state index is 0.0170. The number of halogens is 1. The third-order valence-corrected chi connectivity index (χ3v) is 6.79. The van der Waals surface area contributed by atoms with E-state index in [-0.39, 0.29) is 30.3 Å². The van der Waals surface area contributed by atoms with Crippen LogP contribution in [0.15, 0.2) is 35.7 Å². The number of methoxy groups -OCH3 is 1. The molecule has 1 aliphatic rings. The molecule has 0 N–H and O–H groups in total. The van der Waals surface area contributed by atoms with E-state index in [4.69, 9.17) is 21.1 Å². The lowest BCUT2D eigenvalue weighted by atomic mass is 10.00. The fraction of sp³-hybridized carbons (Fsp3) is 0.500. The van der Waals surface area contributed by atoms with Gasteiger partial charge in [0.2, 0.25) is 11.8 Å². The highest BCUT2D eigenvalue weighted by atomic mass is 35.5. The van der Waals surface area contributed by atoms with Gasteiger partial charge in [0.1, 0.15) is 12.4 Å². The molecule has 174 valence electrons. The summed E-state index contributed by atoms with van der Waals surface area (Å²) in [6.45, 7) is 5.80. The predicted octanol–water partition coefficient (Wildman–Crippen LogP) is 4.43. The van der Waals surface area contributed by atoms with Gasteiger partial charge in [0.25, 0.3) is 0 Å². The number of ether oxygens (including phenoxy) is 2. The van der Waals surface area contributed by atoms with Crippen LogP contribution in [0.4, 0.5) is 0 Å². The molecule has 1 aromatic carbocycles. The Labute approximate surface area is 199 Å². The van der Waals surface area contributed by atoms with Crippen LogP contribution < -0.4 is 4.74 Å². The third-order valence-electron chi connectivity index (χ3n) is 5.54. The number of benzene rings is 1. The van der Waals surface area contributed by atoms with Crippen LogP contribution in [0.3, 0.4) is 0 Å². The minimum Gasteiger partial charge on any atom is -0.491 e. The average Bonchev–Trinajstić information content (AvgIpc) is 3.26. The monoisotopic (exact) mass is 478 g/mol. The largest absolute Gasteiger partial charge is 0.491 e. The maximum atomic E-state index is 13.4. The Morgan fingerprint density at radius 2 is 2.00 bits per heavy atom. The average molecular weight is 479 g/mol. The zero-order chi connectivity index (χ0) is 23.1. The van der Waals surface area contributed by atoms with E-state index in [0.717, 1.165) is 12.0 Å². The Kier molecular flexibility index (Phi) is 8.96. The van der Waals surface area contributed by atoms with Crippen LogP contribution in [-0.4, -0.2) is 61.6 Å². The first-order valence-electron chi connectivity index (χ1n) is 10.9. The second-order valence-corrected chi connectivity index (χ2v) is 9.61. The van der Waals surface area contributed by atoms with Crippen LogP contribution in [0.25, 0.3) is 0 Å². The number of rotatable bonds is 10. The lowest BCUT2D eigenvalue weighted by Crippen LogP contribution is -2.48. The second kappa shape index (κ2) is 11.7. The number of nitrogens with zero attached hydrogens (tertiary/aromatic N) is 2. The molecule has 0 unspecified atom stereocenters. The molecule has 1 aromatic heterocycles. The number of thiophene rings is 1. The van der Waals surface area contributed by atoms with Gasteiger partial charge in [-0.25, -0.2) is 0 Å². The Morgan fingerprint density at radius 3 is 2.69 bits per heavy atom. The number of hydrogen-bond donors (Lipinski definition) is 0. The molecule has 0 spiro atoms. The van der Waals surface area contributed by atoms with E-state index in [9.17, 15) is 9.59 Å². The first kappa shape index (κ1) is 24.6. The van der Waals surface area contributed by atoms with Crippen molar-refractivity contribution < 1.29 is 19.1 Å². The van der Waals surface area contributed by atoms with Crippen LogP contribution in [0.5, 0.6) is 5.75 Å². The molecular formula is C24H31ClN2O4S. The summed E-state index contributed by atoms with van der Waals surface area (Å²) in [4.78, 5) is 30.9. The molecule has 3 rings (SSSR count). The molecule has 0 aliphatic carbocycles. The van der Waals surface area contributed by atoms with E-state index in [1.807, 2.05) is 30.9 Å². The summed E-state index contributed by atoms with van der Waals surface area (Å²) in [6, 6.07) is 9.10. The molecular weight excluding hydrogens is 448 g/mol. The standard InChI is InChI=1S/C24H31ClN2O4S/c1-17(2)24(29)26(11-4-13-30-3)15-23(28)27-12-9-22-20(10-14-32-22)21(27)16-31-19-7-5-18(25)6-8-19/h5-8,10,14,17,21H,4,9,11-13,15-16H2,1-3H3/t21-/m0/s1. The maximum absolute atomic E-state index is 13.4. The molecule has 32 heavy (non-hydrogen) atoms. The number of fused-ring (bicyclic) bond motifs is 1. The maximum Gasteiger partial charge on any atom is 0.242 e. The van der Waals surface area contributed by atoms with Gasteiger partial charge in [-0.3, -0.25) is 9.59 Å². The van der Waals surface area contributed by atoms with Gasteiger partial charge in [0.15, 0.2) is 0 Å². The van der Waals surface area contributed by atoms with Crippen LogP contribution in [0.2, 0.25) is 5.02 Å². The van der Waals surface area contributed by atoms with Gasteiger partial charge in [-0.05, 0) is 54.1 Å². The number of carbonyl (C=O) groups excluding carboxylic acids is 2. The van der Waals surface area contributed by atoms with E-state index in [1.165, 1.54) is 4.88 Å². The summed E-state index contributed by atoms with van der Waals surface area (Å²) in [7, 11) is 1.64. The fourth-order valence-electron chi connectivity index (χ4n) is 3.87. The highest BCUT2D eigenvalue weighted by Crippen LogP contribution is 2.34. The van der Waals surface area contributed by atoms with Gasteiger partial charge in [0, 0.05) is 42.6 Å². The Hall–Kier alpha value is -2.09. The Bertz CT molecular complexity index is 900. The predicted molar refractivity (Wildman–Crippen MR) is 127 cm³/mol. The fourth-order valence-corrected chi connectivity index (χ4v) is 4.92. The van der Waals surface area contributed by atoms with Crippen LogP contribution >= 0.6 is 22.9 Å². The smallest absolute Gasteiger partial charge is 0.242 e. The molecule has 8 heteroatoms. The third kappa shape index (κ3) is 6.24. The molecule has 0 fully saturated rings. The first-order valence-corrected chi connectivity index (χ1v) is 12.2. The minimum atomic E-state index is -0.192. The molecule has 0 saturated heterocycles. The van der Waals surface area contributed by atoms with Crippen molar-refractivity contribution in [1.29, 1.82) is 0 Å². The molecule has 0 radical (unpaired) electrons. The van der Waals surface area contributed by atoms with E-state index in [0.29, 0.717) is 43.5 Å². The SMILES string of the molecule is COCCCN(CC(=O)N1CCc2sccc2[C@@H]1COc1ccc(Cl)cc1)C(=O)C(C)C. The van der Waals surface area contributed by atoms with E-state index < -0.39 is 0 Å². The van der Waals surface area contributed by atoms with Crippen molar-refractivity contribution in [1.82, 2.24) is 9.80 Å². The van der Waals surface area contributed by atoms with Gasteiger partial charge < -0.3 is 19.3 Å². The van der Waals surface area contributed by atoms with Crippen LogP contribution in [0, 0.1) is 5.92 Å². The molecule has 1 atom stereocenters. The van der Waals surface area contributed by atoms with Crippen molar-refractivity contribution >= 4 is 34.8 Å². The van der Waals surface area contributed by atoms with E-state index >= 15 is 0 Å². The molecule has 6 nitrogen and oxygen atoms in total. The van der Waals surface area contributed by atoms with Crippen molar-refractivity contribution in [2.45, 2.75) is 32.7 Å². The summed E-state index contributed by atoms with van der Waals surface area (Å²) >= 11 is 7.69. The molecule has 2 heterocycles. The number of hydrogen-bond acceptors (Lipinski definition) is 5. The van der Waals surface area contributed by atoms with Crippen LogP contribution in [0.1, 0.15) is 36.8 Å². The summed E-state index contributed by atoms with van der Waals surface area (Å²) in [5, 5.41) is 2.71.